The molecule has 0 aliphatic carbocycles. The summed E-state index contributed by atoms with van der Waals surface area (Å²) in [7, 11) is 0. The Bertz CT molecular complexity index is 563. The van der Waals surface area contributed by atoms with Gasteiger partial charge in [-0.3, -0.25) is 0 Å². The molecule has 2 N–H and O–H groups in total. The highest BCUT2D eigenvalue weighted by molar-refractivity contribution is 5.89. The van der Waals surface area contributed by atoms with E-state index in [9.17, 15) is 15.0 Å². The molecule has 0 amide bonds. The molecule has 1 heterocycles. The Balaban J connectivity index is 2.35. The van der Waals surface area contributed by atoms with Crippen LogP contribution in [0.2, 0.25) is 0 Å². The van der Waals surface area contributed by atoms with Crippen LogP contribution < -0.4 is 0 Å². The molecule has 98 valence electrons. The normalized spacial score (nSPS) is 20.0. The fraction of sp³-hybridized carbons (Fsp3) is 0.267. The first-order chi connectivity index (χ1) is 9.04. The smallest absolute Gasteiger partial charge is 0.377 e. The zero-order chi connectivity index (χ0) is 14.0. The Kier molecular flexibility index (Phi) is 3.48. The Morgan fingerprint density at radius 1 is 1.37 bits per heavy atom. The quantitative estimate of drug-likeness (QED) is 0.645. The Labute approximate surface area is 111 Å². The molecule has 0 spiro atoms. The second kappa shape index (κ2) is 5.07. The Hall–Kier alpha value is -2.41. The number of aryl methyl sites for hydroxylation is 1. The summed E-state index contributed by atoms with van der Waals surface area (Å²) >= 11 is 0. The minimum Gasteiger partial charge on any atom is -0.505 e. The van der Waals surface area contributed by atoms with E-state index in [1.807, 2.05) is 31.2 Å². The molecule has 0 saturated carbocycles. The van der Waals surface area contributed by atoms with Gasteiger partial charge in [0, 0.05) is 12.3 Å². The van der Waals surface area contributed by atoms with E-state index in [-0.39, 0.29) is 5.92 Å². The lowest BCUT2D eigenvalue weighted by Gasteiger charge is -2.21. The van der Waals surface area contributed by atoms with Crippen molar-refractivity contribution in [3.05, 3.63) is 46.9 Å². The van der Waals surface area contributed by atoms with Gasteiger partial charge in [-0.15, -0.1) is 12.3 Å². The van der Waals surface area contributed by atoms with Crippen LogP contribution in [0.5, 0.6) is 0 Å². The second-order valence-corrected chi connectivity index (χ2v) is 4.49. The zero-order valence-electron chi connectivity index (χ0n) is 10.5. The maximum Gasteiger partial charge on any atom is 0.377 e. The summed E-state index contributed by atoms with van der Waals surface area (Å²) in [6.07, 6.45) is 4.69. The maximum atomic E-state index is 11.2. The van der Waals surface area contributed by atoms with Crippen molar-refractivity contribution in [3.8, 4) is 12.3 Å². The third-order valence-corrected chi connectivity index (χ3v) is 3.15. The van der Waals surface area contributed by atoms with Crippen molar-refractivity contribution in [2.45, 2.75) is 25.4 Å². The molecule has 2 atom stereocenters. The molecular weight excluding hydrogens is 244 g/mol. The highest BCUT2D eigenvalue weighted by Crippen LogP contribution is 2.33. The lowest BCUT2D eigenvalue weighted by molar-refractivity contribution is -0.143. The number of benzene rings is 1. The van der Waals surface area contributed by atoms with Gasteiger partial charge in [0.05, 0.1) is 0 Å². The summed E-state index contributed by atoms with van der Waals surface area (Å²) in [5.41, 5.74) is 1.94. The van der Waals surface area contributed by atoms with Crippen molar-refractivity contribution < 1.29 is 19.7 Å². The molecule has 2 rings (SSSR count). The van der Waals surface area contributed by atoms with E-state index in [0.29, 0.717) is 6.42 Å². The van der Waals surface area contributed by atoms with E-state index in [2.05, 4.69) is 5.92 Å². The van der Waals surface area contributed by atoms with Gasteiger partial charge in [-0.05, 0) is 12.5 Å². The summed E-state index contributed by atoms with van der Waals surface area (Å²) in [6.45, 7) is 1.96. The average molecular weight is 258 g/mol. The molecule has 0 saturated heterocycles. The van der Waals surface area contributed by atoms with Crippen LogP contribution in [0.1, 0.15) is 23.5 Å². The number of hydrogen-bond acceptors (Lipinski definition) is 4. The molecule has 0 fully saturated rings. The van der Waals surface area contributed by atoms with Crippen LogP contribution in [-0.4, -0.2) is 22.3 Å². The fourth-order valence-electron chi connectivity index (χ4n) is 2.08. The summed E-state index contributed by atoms with van der Waals surface area (Å²) < 4.78 is 4.98. The number of carbonyl (C=O) groups excluding carboxylic acids is 1. The van der Waals surface area contributed by atoms with E-state index in [1.54, 1.807) is 0 Å². The largest absolute Gasteiger partial charge is 0.505 e. The molecule has 1 aliphatic heterocycles. The van der Waals surface area contributed by atoms with Crippen LogP contribution in [-0.2, 0) is 9.53 Å². The van der Waals surface area contributed by atoms with Crippen molar-refractivity contribution in [2.24, 2.45) is 0 Å². The van der Waals surface area contributed by atoms with Gasteiger partial charge in [0.2, 0.25) is 5.76 Å². The molecule has 0 bridgehead atoms. The topological polar surface area (TPSA) is 66.8 Å². The molecule has 0 radical (unpaired) electrons. The number of ether oxygens (including phenoxy) is 1. The van der Waals surface area contributed by atoms with Crippen molar-refractivity contribution in [1.82, 2.24) is 0 Å². The fourth-order valence-corrected chi connectivity index (χ4v) is 2.08. The van der Waals surface area contributed by atoms with Crippen molar-refractivity contribution in [1.29, 1.82) is 0 Å². The first-order valence-electron chi connectivity index (χ1n) is 5.87. The first kappa shape index (κ1) is 13.0. The summed E-state index contributed by atoms with van der Waals surface area (Å²) in [6, 6.07) is 7.56. The molecule has 0 aromatic heterocycles. The molecule has 4 heteroatoms. The molecular formula is C15H14O4. The van der Waals surface area contributed by atoms with E-state index in [4.69, 9.17) is 11.2 Å². The Morgan fingerprint density at radius 2 is 2.00 bits per heavy atom. The predicted octanol–water partition coefficient (Wildman–Crippen LogP) is 2.35. The predicted molar refractivity (Wildman–Crippen MR) is 69.5 cm³/mol. The van der Waals surface area contributed by atoms with Gasteiger partial charge in [0.25, 0.3) is 0 Å². The minimum absolute atomic E-state index is 0.290. The molecule has 2 unspecified atom stereocenters. The minimum atomic E-state index is -0.925. The first-order valence-corrected chi connectivity index (χ1v) is 5.87. The second-order valence-electron chi connectivity index (χ2n) is 4.49. The molecule has 1 aliphatic rings. The molecule has 1 aromatic rings. The SMILES string of the molecule is C#CCC(c1ccc(C)cc1)C1OC(=O)C(O)=C1O. The van der Waals surface area contributed by atoms with Gasteiger partial charge in [0.1, 0.15) is 0 Å². The highest BCUT2D eigenvalue weighted by Gasteiger charge is 2.40. The van der Waals surface area contributed by atoms with Crippen LogP contribution in [0.15, 0.2) is 35.8 Å². The number of hydrogen-bond donors (Lipinski definition) is 2. The molecule has 19 heavy (non-hydrogen) atoms. The van der Waals surface area contributed by atoms with Gasteiger partial charge < -0.3 is 14.9 Å². The number of rotatable bonds is 3. The van der Waals surface area contributed by atoms with Crippen LogP contribution in [0.25, 0.3) is 0 Å². The van der Waals surface area contributed by atoms with Crippen LogP contribution in [0.3, 0.4) is 0 Å². The van der Waals surface area contributed by atoms with Gasteiger partial charge in [-0.2, -0.15) is 0 Å². The summed E-state index contributed by atoms with van der Waals surface area (Å²) in [5.74, 6) is 0.0160. The third kappa shape index (κ3) is 2.41. The summed E-state index contributed by atoms with van der Waals surface area (Å²) in [4.78, 5) is 11.2. The third-order valence-electron chi connectivity index (χ3n) is 3.15. The Morgan fingerprint density at radius 3 is 2.47 bits per heavy atom. The summed E-state index contributed by atoms with van der Waals surface area (Å²) in [5, 5.41) is 19.1. The van der Waals surface area contributed by atoms with Crippen molar-refractivity contribution in [3.63, 3.8) is 0 Å². The monoisotopic (exact) mass is 258 g/mol. The lowest BCUT2D eigenvalue weighted by atomic mass is 9.89. The number of cyclic esters (lactones) is 1. The number of aliphatic hydroxyl groups is 2. The van der Waals surface area contributed by atoms with E-state index in [0.717, 1.165) is 11.1 Å². The zero-order valence-corrected chi connectivity index (χ0v) is 10.5. The van der Waals surface area contributed by atoms with Crippen molar-refractivity contribution in [2.75, 3.05) is 0 Å². The maximum absolute atomic E-state index is 11.2. The van der Waals surface area contributed by atoms with Crippen LogP contribution >= 0.6 is 0 Å². The van der Waals surface area contributed by atoms with Crippen molar-refractivity contribution >= 4 is 5.97 Å². The van der Waals surface area contributed by atoms with E-state index in [1.165, 1.54) is 0 Å². The number of terminal acetylenes is 1. The van der Waals surface area contributed by atoms with E-state index < -0.39 is 23.6 Å². The number of aliphatic hydroxyl groups excluding tert-OH is 2. The highest BCUT2D eigenvalue weighted by atomic mass is 16.6. The van der Waals surface area contributed by atoms with Gasteiger partial charge >= 0.3 is 5.97 Å². The van der Waals surface area contributed by atoms with Gasteiger partial charge in [-0.1, -0.05) is 29.8 Å². The van der Waals surface area contributed by atoms with Gasteiger partial charge in [0.15, 0.2) is 11.9 Å². The number of esters is 1. The molecule has 4 nitrogen and oxygen atoms in total. The van der Waals surface area contributed by atoms with Gasteiger partial charge in [-0.25, -0.2) is 4.79 Å². The van der Waals surface area contributed by atoms with Crippen LogP contribution in [0, 0.1) is 19.3 Å². The standard InChI is InChI=1S/C15H14O4/c1-3-4-11(10-7-5-9(2)6-8-10)14-12(16)13(17)15(18)19-14/h1,5-8,11,14,16-17H,4H2,2H3. The van der Waals surface area contributed by atoms with Crippen LogP contribution in [0.4, 0.5) is 0 Å². The molecule has 1 aromatic carbocycles. The van der Waals surface area contributed by atoms with E-state index >= 15 is 0 Å². The lowest BCUT2D eigenvalue weighted by Crippen LogP contribution is -2.21. The average Bonchev–Trinajstić information content (AvgIpc) is 2.65. The number of carbonyl (C=O) groups is 1.